The Morgan fingerprint density at radius 3 is 2.80 bits per heavy atom. The van der Waals surface area contributed by atoms with E-state index in [4.69, 9.17) is 16.3 Å². The van der Waals surface area contributed by atoms with Gasteiger partial charge >= 0.3 is 0 Å². The predicted octanol–water partition coefficient (Wildman–Crippen LogP) is 3.86. The Kier molecular flexibility index (Phi) is 3.12. The maximum absolute atomic E-state index is 6.13. The predicted molar refractivity (Wildman–Crippen MR) is 63.4 cm³/mol. The van der Waals surface area contributed by atoms with Crippen molar-refractivity contribution in [1.29, 1.82) is 0 Å². The van der Waals surface area contributed by atoms with Gasteiger partial charge in [0.15, 0.2) is 0 Å². The standard InChI is InChI=1S/C13H12ClO/c1-15-11-6-4-5-10(9-11)12-7-2-3-8-13(12)14/h2-3,5-9H,4H2,1H3. The molecular weight excluding hydrogens is 208 g/mol. The number of hydrogen-bond acceptors (Lipinski definition) is 1. The van der Waals surface area contributed by atoms with E-state index in [1.54, 1.807) is 7.11 Å². The van der Waals surface area contributed by atoms with Gasteiger partial charge in [0.05, 0.1) is 7.11 Å². The van der Waals surface area contributed by atoms with E-state index in [1.807, 2.05) is 36.4 Å². The van der Waals surface area contributed by atoms with Gasteiger partial charge in [0, 0.05) is 5.02 Å². The van der Waals surface area contributed by atoms with Gasteiger partial charge in [-0.05, 0) is 42.2 Å². The third-order valence-corrected chi connectivity index (χ3v) is 2.70. The quantitative estimate of drug-likeness (QED) is 0.734. The summed E-state index contributed by atoms with van der Waals surface area (Å²) in [4.78, 5) is 0. The van der Waals surface area contributed by atoms with Gasteiger partial charge < -0.3 is 4.74 Å². The van der Waals surface area contributed by atoms with Crippen LogP contribution >= 0.6 is 11.6 Å². The van der Waals surface area contributed by atoms with E-state index in [1.165, 1.54) is 0 Å². The molecule has 1 radical (unpaired) electrons. The molecule has 2 rings (SSSR count). The van der Waals surface area contributed by atoms with Crippen LogP contribution in [0.2, 0.25) is 5.02 Å². The van der Waals surface area contributed by atoms with E-state index in [9.17, 15) is 0 Å². The average Bonchev–Trinajstić information content (AvgIpc) is 2.30. The minimum Gasteiger partial charge on any atom is -0.497 e. The van der Waals surface area contributed by atoms with Crippen LogP contribution in [0.4, 0.5) is 0 Å². The molecule has 0 amide bonds. The van der Waals surface area contributed by atoms with E-state index >= 15 is 0 Å². The number of benzene rings is 1. The third-order valence-electron chi connectivity index (χ3n) is 2.38. The lowest BCUT2D eigenvalue weighted by atomic mass is 9.97. The van der Waals surface area contributed by atoms with Gasteiger partial charge in [0.25, 0.3) is 0 Å². The van der Waals surface area contributed by atoms with Gasteiger partial charge in [-0.25, -0.2) is 0 Å². The second-order valence-electron chi connectivity index (χ2n) is 3.33. The minimum absolute atomic E-state index is 0.775. The van der Waals surface area contributed by atoms with Crippen molar-refractivity contribution in [3.8, 4) is 0 Å². The van der Waals surface area contributed by atoms with Crippen molar-refractivity contribution in [2.45, 2.75) is 6.42 Å². The second kappa shape index (κ2) is 4.54. The average molecular weight is 220 g/mol. The highest BCUT2D eigenvalue weighted by Gasteiger charge is 2.10. The molecule has 0 saturated heterocycles. The van der Waals surface area contributed by atoms with Gasteiger partial charge in [0.1, 0.15) is 5.76 Å². The van der Waals surface area contributed by atoms with Crippen LogP contribution in [0.25, 0.3) is 5.57 Å². The number of halogens is 1. The van der Waals surface area contributed by atoms with E-state index in [-0.39, 0.29) is 0 Å². The summed E-state index contributed by atoms with van der Waals surface area (Å²) in [5.41, 5.74) is 2.18. The van der Waals surface area contributed by atoms with Crippen LogP contribution in [0, 0.1) is 6.42 Å². The number of rotatable bonds is 2. The van der Waals surface area contributed by atoms with E-state index in [0.717, 1.165) is 28.3 Å². The van der Waals surface area contributed by atoms with Crippen molar-refractivity contribution in [1.82, 2.24) is 0 Å². The first-order valence-electron chi connectivity index (χ1n) is 4.85. The molecule has 15 heavy (non-hydrogen) atoms. The molecule has 1 aromatic rings. The van der Waals surface area contributed by atoms with E-state index in [0.29, 0.717) is 0 Å². The van der Waals surface area contributed by atoms with Crippen molar-refractivity contribution in [2.24, 2.45) is 0 Å². The van der Waals surface area contributed by atoms with Gasteiger partial charge in [-0.15, -0.1) is 0 Å². The zero-order chi connectivity index (χ0) is 10.7. The highest BCUT2D eigenvalue weighted by Crippen LogP contribution is 2.30. The number of allylic oxidation sites excluding steroid dienone is 3. The molecule has 0 saturated carbocycles. The van der Waals surface area contributed by atoms with Crippen LogP contribution < -0.4 is 0 Å². The van der Waals surface area contributed by atoms with Crippen LogP contribution in [-0.4, -0.2) is 7.11 Å². The summed E-state index contributed by atoms with van der Waals surface area (Å²) < 4.78 is 5.20. The topological polar surface area (TPSA) is 9.23 Å². The lowest BCUT2D eigenvalue weighted by molar-refractivity contribution is 0.305. The molecular formula is C13H12ClO. The molecule has 0 N–H and O–H groups in total. The lowest BCUT2D eigenvalue weighted by Crippen LogP contribution is -1.95. The summed E-state index contributed by atoms with van der Waals surface area (Å²) in [5, 5.41) is 0.775. The van der Waals surface area contributed by atoms with Crippen LogP contribution in [0.15, 0.2) is 42.2 Å². The number of methoxy groups -OCH3 is 1. The lowest BCUT2D eigenvalue weighted by Gasteiger charge is -2.14. The van der Waals surface area contributed by atoms with Gasteiger partial charge in [-0.3, -0.25) is 0 Å². The highest BCUT2D eigenvalue weighted by atomic mass is 35.5. The van der Waals surface area contributed by atoms with Crippen LogP contribution in [-0.2, 0) is 4.74 Å². The maximum Gasteiger partial charge on any atom is 0.115 e. The van der Waals surface area contributed by atoms with Crippen LogP contribution in [0.1, 0.15) is 12.0 Å². The fourth-order valence-corrected chi connectivity index (χ4v) is 1.84. The summed E-state index contributed by atoms with van der Waals surface area (Å²) in [5.74, 6) is 0.896. The molecule has 1 nitrogen and oxygen atoms in total. The van der Waals surface area contributed by atoms with Crippen molar-refractivity contribution in [2.75, 3.05) is 7.11 Å². The molecule has 0 spiro atoms. The maximum atomic E-state index is 6.13. The molecule has 0 aliphatic heterocycles. The SMILES string of the molecule is COC1=CC[CH]C(c2ccccc2Cl)=C1. The fourth-order valence-electron chi connectivity index (χ4n) is 1.60. The Morgan fingerprint density at radius 2 is 2.07 bits per heavy atom. The molecule has 0 atom stereocenters. The molecule has 0 heterocycles. The first kappa shape index (κ1) is 10.3. The Morgan fingerprint density at radius 1 is 1.27 bits per heavy atom. The first-order valence-corrected chi connectivity index (χ1v) is 5.23. The molecule has 1 aromatic carbocycles. The molecule has 0 fully saturated rings. The zero-order valence-corrected chi connectivity index (χ0v) is 9.29. The summed E-state index contributed by atoms with van der Waals surface area (Å²) in [7, 11) is 1.68. The molecule has 0 aromatic heterocycles. The molecule has 0 bridgehead atoms. The second-order valence-corrected chi connectivity index (χ2v) is 3.74. The number of hydrogen-bond donors (Lipinski definition) is 0. The Balaban J connectivity index is 2.36. The fraction of sp³-hybridized carbons (Fsp3) is 0.154. The smallest absolute Gasteiger partial charge is 0.115 e. The van der Waals surface area contributed by atoms with Crippen molar-refractivity contribution in [3.63, 3.8) is 0 Å². The van der Waals surface area contributed by atoms with Gasteiger partial charge in [-0.1, -0.05) is 29.8 Å². The molecule has 1 aliphatic carbocycles. The minimum atomic E-state index is 0.775. The summed E-state index contributed by atoms with van der Waals surface area (Å²) in [6.45, 7) is 0. The zero-order valence-electron chi connectivity index (χ0n) is 8.53. The van der Waals surface area contributed by atoms with Gasteiger partial charge in [0.2, 0.25) is 0 Å². The monoisotopic (exact) mass is 219 g/mol. The van der Waals surface area contributed by atoms with E-state index in [2.05, 4.69) is 6.42 Å². The van der Waals surface area contributed by atoms with Crippen molar-refractivity contribution in [3.05, 3.63) is 59.2 Å². The Hall–Kier alpha value is -1.21. The van der Waals surface area contributed by atoms with Crippen molar-refractivity contribution < 1.29 is 4.74 Å². The van der Waals surface area contributed by atoms with Crippen LogP contribution in [0.3, 0.4) is 0 Å². The third kappa shape index (κ3) is 2.24. The molecule has 2 heteroatoms. The van der Waals surface area contributed by atoms with E-state index < -0.39 is 0 Å². The Bertz CT molecular complexity index is 418. The van der Waals surface area contributed by atoms with Crippen molar-refractivity contribution >= 4 is 17.2 Å². The summed E-state index contributed by atoms with van der Waals surface area (Å²) in [6, 6.07) is 7.84. The molecule has 77 valence electrons. The number of ether oxygens (including phenoxy) is 1. The highest BCUT2D eigenvalue weighted by molar-refractivity contribution is 6.32. The normalized spacial score (nSPS) is 15.6. The molecule has 1 aliphatic rings. The Labute approximate surface area is 95.0 Å². The van der Waals surface area contributed by atoms with Crippen LogP contribution in [0.5, 0.6) is 0 Å². The summed E-state index contributed by atoms with van der Waals surface area (Å²) in [6.07, 6.45) is 7.08. The molecule has 0 unspecified atom stereocenters. The largest absolute Gasteiger partial charge is 0.497 e. The first-order chi connectivity index (χ1) is 7.31. The summed E-state index contributed by atoms with van der Waals surface area (Å²) >= 11 is 6.13. The van der Waals surface area contributed by atoms with Gasteiger partial charge in [-0.2, -0.15) is 0 Å².